The molecule has 5 nitrogen and oxygen atoms in total. The Morgan fingerprint density at radius 1 is 0.767 bits per heavy atom. The summed E-state index contributed by atoms with van der Waals surface area (Å²) in [5, 5.41) is -0.202. The van der Waals surface area contributed by atoms with E-state index in [9.17, 15) is 9.59 Å². The highest BCUT2D eigenvalue weighted by atomic mass is 35.5. The maximum atomic E-state index is 12.4. The number of unbranched alkanes of at least 4 members (excludes halogenated alkanes) is 6. The van der Waals surface area contributed by atoms with Crippen molar-refractivity contribution in [1.82, 2.24) is 0 Å². The Morgan fingerprint density at radius 2 is 1.35 bits per heavy atom. The third-order valence-corrected chi connectivity index (χ3v) is 8.03. The first kappa shape index (κ1) is 33.9. The predicted molar refractivity (Wildman–Crippen MR) is 176 cm³/mol. The van der Waals surface area contributed by atoms with Gasteiger partial charge in [0, 0.05) is 6.08 Å². The third-order valence-electron chi connectivity index (χ3n) is 7.47. The van der Waals surface area contributed by atoms with Crippen molar-refractivity contribution in [2.45, 2.75) is 77.5 Å². The number of benzene rings is 3. The molecule has 0 heterocycles. The molecule has 3 rings (SSSR count). The molecular formula is C37H45ClO5. The number of hydrogen-bond acceptors (Lipinski definition) is 5. The van der Waals surface area contributed by atoms with Crippen molar-refractivity contribution >= 4 is 29.6 Å². The van der Waals surface area contributed by atoms with Crippen LogP contribution < -0.4 is 9.47 Å². The Morgan fingerprint density at radius 3 is 1.98 bits per heavy atom. The largest absolute Gasteiger partial charge is 0.494 e. The Hall–Kier alpha value is -3.57. The summed E-state index contributed by atoms with van der Waals surface area (Å²) in [4.78, 5) is 24.7. The molecule has 230 valence electrons. The molecule has 0 saturated heterocycles. The average molecular weight is 605 g/mol. The number of carbonyl (C=O) groups excluding carboxylic acids is 2. The van der Waals surface area contributed by atoms with Crippen molar-refractivity contribution in [3.8, 4) is 22.6 Å². The van der Waals surface area contributed by atoms with E-state index in [-0.39, 0.29) is 23.9 Å². The molecule has 0 aliphatic rings. The lowest BCUT2D eigenvalue weighted by atomic mass is 10.0. The van der Waals surface area contributed by atoms with Crippen LogP contribution in [0.25, 0.3) is 17.2 Å². The molecule has 0 aliphatic heterocycles. The van der Waals surface area contributed by atoms with E-state index in [0.29, 0.717) is 11.3 Å². The van der Waals surface area contributed by atoms with Crippen LogP contribution in [-0.4, -0.2) is 30.5 Å². The van der Waals surface area contributed by atoms with Crippen LogP contribution in [0.15, 0.2) is 78.9 Å². The summed E-state index contributed by atoms with van der Waals surface area (Å²) in [6.07, 6.45) is 12.9. The van der Waals surface area contributed by atoms with E-state index in [1.54, 1.807) is 30.3 Å². The van der Waals surface area contributed by atoms with Gasteiger partial charge in [-0.25, -0.2) is 9.59 Å². The van der Waals surface area contributed by atoms with Crippen LogP contribution in [0.2, 0.25) is 0 Å². The first-order valence-electron chi connectivity index (χ1n) is 15.5. The van der Waals surface area contributed by atoms with Crippen LogP contribution in [0.5, 0.6) is 11.5 Å². The fraction of sp³-hybridized carbons (Fsp3) is 0.405. The number of hydrogen-bond donors (Lipinski definition) is 0. The van der Waals surface area contributed by atoms with Crippen LogP contribution >= 0.6 is 11.6 Å². The highest BCUT2D eigenvalue weighted by molar-refractivity contribution is 6.21. The number of halogens is 1. The van der Waals surface area contributed by atoms with Crippen molar-refractivity contribution in [2.24, 2.45) is 5.92 Å². The minimum Gasteiger partial charge on any atom is -0.494 e. The minimum atomic E-state index is -0.456. The lowest BCUT2D eigenvalue weighted by Crippen LogP contribution is -2.20. The van der Waals surface area contributed by atoms with Crippen LogP contribution in [0, 0.1) is 5.92 Å². The fourth-order valence-electron chi connectivity index (χ4n) is 4.41. The lowest BCUT2D eigenvalue weighted by molar-refractivity contribution is -0.128. The molecule has 0 aliphatic carbocycles. The molecule has 0 fully saturated rings. The maximum absolute atomic E-state index is 12.4. The molecule has 3 aromatic carbocycles. The van der Waals surface area contributed by atoms with Gasteiger partial charge in [0.05, 0.1) is 17.5 Å². The van der Waals surface area contributed by atoms with Gasteiger partial charge in [-0.15, -0.1) is 11.6 Å². The SMILES string of the molecule is CCCCCCCCCOc1ccc(/C=C/C(=O)Oc2ccc(-c3ccc(C(=O)OC[C@@H](Cl)[C@@H](C)CC)cc3)cc2)cc1. The highest BCUT2D eigenvalue weighted by Crippen LogP contribution is 2.24. The maximum Gasteiger partial charge on any atom is 0.338 e. The van der Waals surface area contributed by atoms with Crippen LogP contribution in [0.4, 0.5) is 0 Å². The summed E-state index contributed by atoms with van der Waals surface area (Å²) < 4.78 is 16.7. The van der Waals surface area contributed by atoms with Gasteiger partial charge in [0.2, 0.25) is 0 Å². The highest BCUT2D eigenvalue weighted by Gasteiger charge is 2.16. The van der Waals surface area contributed by atoms with Gasteiger partial charge in [-0.1, -0.05) is 102 Å². The molecular weight excluding hydrogens is 560 g/mol. The van der Waals surface area contributed by atoms with E-state index in [4.69, 9.17) is 25.8 Å². The zero-order valence-corrected chi connectivity index (χ0v) is 26.5. The van der Waals surface area contributed by atoms with Gasteiger partial charge < -0.3 is 14.2 Å². The van der Waals surface area contributed by atoms with Gasteiger partial charge in [0.15, 0.2) is 0 Å². The second-order valence-corrected chi connectivity index (χ2v) is 11.5. The van der Waals surface area contributed by atoms with Gasteiger partial charge in [0.25, 0.3) is 0 Å². The second-order valence-electron chi connectivity index (χ2n) is 10.9. The van der Waals surface area contributed by atoms with Crippen LogP contribution in [0.1, 0.15) is 88.1 Å². The van der Waals surface area contributed by atoms with Crippen LogP contribution in [-0.2, 0) is 9.53 Å². The Balaban J connectivity index is 1.41. The summed E-state index contributed by atoms with van der Waals surface area (Å²) in [7, 11) is 0. The molecule has 43 heavy (non-hydrogen) atoms. The van der Waals surface area contributed by atoms with Crippen molar-refractivity contribution in [3.63, 3.8) is 0 Å². The molecule has 6 heteroatoms. The molecule has 3 aromatic rings. The fourth-order valence-corrected chi connectivity index (χ4v) is 4.65. The van der Waals surface area contributed by atoms with E-state index in [1.165, 1.54) is 44.6 Å². The first-order chi connectivity index (χ1) is 20.9. The molecule has 0 radical (unpaired) electrons. The van der Waals surface area contributed by atoms with Gasteiger partial charge in [-0.05, 0) is 71.5 Å². The second kappa shape index (κ2) is 18.9. The molecule has 0 bridgehead atoms. The predicted octanol–water partition coefficient (Wildman–Crippen LogP) is 9.91. The number of rotatable bonds is 18. The molecule has 2 atom stereocenters. The Bertz CT molecular complexity index is 1270. The summed E-state index contributed by atoms with van der Waals surface area (Å²) in [5.74, 6) is 0.713. The molecule has 0 N–H and O–H groups in total. The monoisotopic (exact) mass is 604 g/mol. The number of carbonyl (C=O) groups is 2. The van der Waals surface area contributed by atoms with Gasteiger partial charge in [-0.2, -0.15) is 0 Å². The molecule has 0 spiro atoms. The number of esters is 2. The van der Waals surface area contributed by atoms with Crippen molar-refractivity contribution in [3.05, 3.63) is 90.0 Å². The normalized spacial score (nSPS) is 12.6. The summed E-state index contributed by atoms with van der Waals surface area (Å²) in [6.45, 7) is 7.25. The number of alkyl halides is 1. The number of ether oxygens (including phenoxy) is 3. The first-order valence-corrected chi connectivity index (χ1v) is 16.0. The van der Waals surface area contributed by atoms with Crippen molar-refractivity contribution < 1.29 is 23.8 Å². The molecule has 0 saturated carbocycles. The summed E-state index contributed by atoms with van der Waals surface area (Å²) >= 11 is 6.28. The van der Waals surface area contributed by atoms with Crippen molar-refractivity contribution in [2.75, 3.05) is 13.2 Å². The standard InChI is InChI=1S/C37H45ClO5/c1-4-6-7-8-9-10-11-26-41-33-21-12-29(13-22-33)14-25-36(39)43-34-23-19-31(20-24-34)30-15-17-32(18-16-30)37(40)42-27-35(38)28(3)5-2/h12-25,28,35H,4-11,26-27H2,1-3H3/b25-14+/t28-,35+/m0/s1. The van der Waals surface area contributed by atoms with E-state index in [1.807, 2.05) is 55.5 Å². The average Bonchev–Trinajstić information content (AvgIpc) is 3.04. The van der Waals surface area contributed by atoms with E-state index in [0.717, 1.165) is 41.9 Å². The zero-order valence-electron chi connectivity index (χ0n) is 25.7. The van der Waals surface area contributed by atoms with Gasteiger partial charge in [-0.3, -0.25) is 0 Å². The smallest absolute Gasteiger partial charge is 0.338 e. The zero-order chi connectivity index (χ0) is 30.9. The van der Waals surface area contributed by atoms with Crippen molar-refractivity contribution in [1.29, 1.82) is 0 Å². The van der Waals surface area contributed by atoms with Crippen LogP contribution in [0.3, 0.4) is 0 Å². The van der Waals surface area contributed by atoms with E-state index >= 15 is 0 Å². The van der Waals surface area contributed by atoms with E-state index in [2.05, 4.69) is 13.8 Å². The van der Waals surface area contributed by atoms with Gasteiger partial charge in [0.1, 0.15) is 18.1 Å². The van der Waals surface area contributed by atoms with E-state index < -0.39 is 5.97 Å². The molecule has 0 unspecified atom stereocenters. The Kier molecular flexibility index (Phi) is 14.9. The lowest BCUT2D eigenvalue weighted by Gasteiger charge is -2.16. The topological polar surface area (TPSA) is 61.8 Å². The Labute approximate surface area is 262 Å². The molecule has 0 amide bonds. The third kappa shape index (κ3) is 12.3. The summed E-state index contributed by atoms with van der Waals surface area (Å²) in [5.41, 5.74) is 3.22. The molecule has 0 aromatic heterocycles. The summed E-state index contributed by atoms with van der Waals surface area (Å²) in [6, 6.07) is 22.1. The minimum absolute atomic E-state index is 0.188. The van der Waals surface area contributed by atoms with Gasteiger partial charge >= 0.3 is 11.9 Å². The quantitative estimate of drug-likeness (QED) is 0.0475.